The number of carboxylic acid groups (broad SMARTS) is 1. The molecule has 0 saturated carbocycles. The molecule has 0 unspecified atom stereocenters. The summed E-state index contributed by atoms with van der Waals surface area (Å²) < 4.78 is 0. The van der Waals surface area contributed by atoms with Gasteiger partial charge < -0.3 is 5.11 Å². The van der Waals surface area contributed by atoms with Gasteiger partial charge in [0.05, 0.1) is 16.8 Å². The average molecular weight is 302 g/mol. The van der Waals surface area contributed by atoms with Gasteiger partial charge in [0.25, 0.3) is 0 Å². The third-order valence-electron chi connectivity index (χ3n) is 4.00. The minimum atomic E-state index is -0.865. The molecule has 1 aliphatic rings. The maximum absolute atomic E-state index is 10.9. The first-order valence-electron chi connectivity index (χ1n) is 7.15. The van der Waals surface area contributed by atoms with Gasteiger partial charge in [-0.15, -0.1) is 11.3 Å². The Balaban J connectivity index is 1.66. The van der Waals surface area contributed by atoms with Crippen LogP contribution in [0, 0.1) is 0 Å². The van der Waals surface area contributed by atoms with E-state index in [4.69, 9.17) is 5.11 Å². The third-order valence-corrected chi connectivity index (χ3v) is 4.64. The van der Waals surface area contributed by atoms with Gasteiger partial charge in [-0.05, 0) is 43.0 Å². The number of hydrogen-bond acceptors (Lipinski definition) is 4. The molecule has 2 heterocycles. The van der Waals surface area contributed by atoms with Gasteiger partial charge in [-0.3, -0.25) is 4.90 Å². The number of thiazole rings is 1. The quantitative estimate of drug-likeness (QED) is 0.942. The van der Waals surface area contributed by atoms with Crippen LogP contribution in [0.15, 0.2) is 35.2 Å². The van der Waals surface area contributed by atoms with Crippen molar-refractivity contribution in [3.63, 3.8) is 0 Å². The number of aromatic nitrogens is 1. The Morgan fingerprint density at radius 2 is 2.19 bits per heavy atom. The van der Waals surface area contributed by atoms with E-state index in [9.17, 15) is 4.79 Å². The molecule has 0 radical (unpaired) electrons. The summed E-state index contributed by atoms with van der Waals surface area (Å²) >= 11 is 1.64. The molecule has 3 rings (SSSR count). The molecule has 1 aromatic heterocycles. The van der Waals surface area contributed by atoms with Gasteiger partial charge in [0.15, 0.2) is 0 Å². The SMILES string of the molecule is O=C(O)c1ccc([C@@H]2CCCN(Cc3cscn3)C2)cc1. The Hall–Kier alpha value is -1.72. The first-order valence-corrected chi connectivity index (χ1v) is 8.09. The Morgan fingerprint density at radius 1 is 1.38 bits per heavy atom. The topological polar surface area (TPSA) is 53.4 Å². The molecule has 1 aromatic carbocycles. The second-order valence-corrected chi connectivity index (χ2v) is 6.20. The number of aromatic carboxylic acids is 1. The summed E-state index contributed by atoms with van der Waals surface area (Å²) in [4.78, 5) is 17.7. The van der Waals surface area contributed by atoms with E-state index in [0.29, 0.717) is 11.5 Å². The van der Waals surface area contributed by atoms with Crippen LogP contribution in [-0.2, 0) is 6.54 Å². The number of piperidine rings is 1. The fourth-order valence-corrected chi connectivity index (χ4v) is 3.46. The molecule has 1 saturated heterocycles. The van der Waals surface area contributed by atoms with Crippen LogP contribution < -0.4 is 0 Å². The molecule has 1 atom stereocenters. The number of hydrogen-bond donors (Lipinski definition) is 1. The molecular formula is C16H18N2O2S. The summed E-state index contributed by atoms with van der Waals surface area (Å²) in [6.07, 6.45) is 2.34. The van der Waals surface area contributed by atoms with Gasteiger partial charge in [0.2, 0.25) is 0 Å². The smallest absolute Gasteiger partial charge is 0.335 e. The highest BCUT2D eigenvalue weighted by atomic mass is 32.1. The minimum absolute atomic E-state index is 0.355. The van der Waals surface area contributed by atoms with Crippen molar-refractivity contribution in [2.24, 2.45) is 0 Å². The van der Waals surface area contributed by atoms with Crippen LogP contribution in [0.2, 0.25) is 0 Å². The van der Waals surface area contributed by atoms with Crippen molar-refractivity contribution >= 4 is 17.3 Å². The molecular weight excluding hydrogens is 284 g/mol. The van der Waals surface area contributed by atoms with E-state index in [-0.39, 0.29) is 0 Å². The summed E-state index contributed by atoms with van der Waals surface area (Å²) in [6, 6.07) is 7.33. The summed E-state index contributed by atoms with van der Waals surface area (Å²) in [7, 11) is 0. The molecule has 110 valence electrons. The monoisotopic (exact) mass is 302 g/mol. The van der Waals surface area contributed by atoms with Crippen molar-refractivity contribution in [2.75, 3.05) is 13.1 Å². The van der Waals surface area contributed by atoms with Crippen molar-refractivity contribution in [1.29, 1.82) is 0 Å². The van der Waals surface area contributed by atoms with Crippen LogP contribution in [0.25, 0.3) is 0 Å². The summed E-state index contributed by atoms with van der Waals surface area (Å²) in [5, 5.41) is 11.1. The lowest BCUT2D eigenvalue weighted by Gasteiger charge is -2.32. The fraction of sp³-hybridized carbons (Fsp3) is 0.375. The maximum atomic E-state index is 10.9. The molecule has 4 nitrogen and oxygen atoms in total. The molecule has 0 amide bonds. The van der Waals surface area contributed by atoms with E-state index in [1.54, 1.807) is 23.5 Å². The van der Waals surface area contributed by atoms with Crippen LogP contribution >= 0.6 is 11.3 Å². The van der Waals surface area contributed by atoms with Crippen molar-refractivity contribution < 1.29 is 9.90 Å². The standard InChI is InChI=1S/C16H18N2O2S/c19-16(20)13-5-3-12(4-6-13)14-2-1-7-18(8-14)9-15-10-21-11-17-15/h3-6,10-11,14H,1-2,7-9H2,(H,19,20)/t14-/m1/s1. The summed E-state index contributed by atoms with van der Waals surface area (Å²) in [6.45, 7) is 3.04. The zero-order valence-electron chi connectivity index (χ0n) is 11.7. The average Bonchev–Trinajstić information content (AvgIpc) is 3.00. The zero-order chi connectivity index (χ0) is 14.7. The van der Waals surface area contributed by atoms with Crippen LogP contribution in [0.5, 0.6) is 0 Å². The van der Waals surface area contributed by atoms with Crippen molar-refractivity contribution in [1.82, 2.24) is 9.88 Å². The van der Waals surface area contributed by atoms with Crippen LogP contribution in [0.3, 0.4) is 0 Å². The van der Waals surface area contributed by atoms with E-state index < -0.39 is 5.97 Å². The lowest BCUT2D eigenvalue weighted by Crippen LogP contribution is -2.33. The van der Waals surface area contributed by atoms with Crippen LogP contribution in [-0.4, -0.2) is 34.0 Å². The van der Waals surface area contributed by atoms with E-state index in [1.165, 1.54) is 18.4 Å². The molecule has 2 aromatic rings. The first kappa shape index (κ1) is 14.2. The van der Waals surface area contributed by atoms with Crippen LogP contribution in [0.1, 0.15) is 40.4 Å². The summed E-state index contributed by atoms with van der Waals surface area (Å²) in [5.41, 5.74) is 4.61. The largest absolute Gasteiger partial charge is 0.478 e. The lowest BCUT2D eigenvalue weighted by molar-refractivity contribution is 0.0697. The van der Waals surface area contributed by atoms with E-state index in [0.717, 1.165) is 25.3 Å². The normalized spacial score (nSPS) is 19.5. The summed E-state index contributed by atoms with van der Waals surface area (Å²) in [5.74, 6) is -0.379. The number of nitrogens with zero attached hydrogens (tertiary/aromatic N) is 2. The molecule has 0 aliphatic carbocycles. The second-order valence-electron chi connectivity index (χ2n) is 5.48. The molecule has 1 fully saturated rings. The van der Waals surface area contributed by atoms with E-state index in [1.807, 2.05) is 17.6 Å². The Bertz CT molecular complexity index is 595. The molecule has 0 bridgehead atoms. The van der Waals surface area contributed by atoms with Gasteiger partial charge in [0.1, 0.15) is 0 Å². The molecule has 0 spiro atoms. The van der Waals surface area contributed by atoms with Crippen molar-refractivity contribution in [2.45, 2.75) is 25.3 Å². The highest BCUT2D eigenvalue weighted by Gasteiger charge is 2.21. The third kappa shape index (κ3) is 3.49. The number of carbonyl (C=O) groups is 1. The van der Waals surface area contributed by atoms with Crippen molar-refractivity contribution in [3.8, 4) is 0 Å². The van der Waals surface area contributed by atoms with Gasteiger partial charge in [0, 0.05) is 18.5 Å². The predicted octanol–water partition coefficient (Wildman–Crippen LogP) is 3.22. The van der Waals surface area contributed by atoms with Gasteiger partial charge in [-0.25, -0.2) is 9.78 Å². The minimum Gasteiger partial charge on any atom is -0.478 e. The number of likely N-dealkylation sites (tertiary alicyclic amines) is 1. The highest BCUT2D eigenvalue weighted by molar-refractivity contribution is 7.07. The van der Waals surface area contributed by atoms with E-state index >= 15 is 0 Å². The maximum Gasteiger partial charge on any atom is 0.335 e. The van der Waals surface area contributed by atoms with Gasteiger partial charge in [-0.2, -0.15) is 0 Å². The second kappa shape index (κ2) is 6.37. The lowest BCUT2D eigenvalue weighted by atomic mass is 9.90. The van der Waals surface area contributed by atoms with Gasteiger partial charge >= 0.3 is 5.97 Å². The Morgan fingerprint density at radius 3 is 2.86 bits per heavy atom. The van der Waals surface area contributed by atoms with Gasteiger partial charge in [-0.1, -0.05) is 12.1 Å². The molecule has 1 aliphatic heterocycles. The predicted molar refractivity (Wildman–Crippen MR) is 82.8 cm³/mol. The molecule has 1 N–H and O–H groups in total. The fourth-order valence-electron chi connectivity index (χ4n) is 2.91. The van der Waals surface area contributed by atoms with Crippen LogP contribution in [0.4, 0.5) is 0 Å². The zero-order valence-corrected chi connectivity index (χ0v) is 12.6. The Labute approximate surface area is 128 Å². The first-order chi connectivity index (χ1) is 10.2. The van der Waals surface area contributed by atoms with E-state index in [2.05, 4.69) is 15.3 Å². The number of benzene rings is 1. The molecule has 21 heavy (non-hydrogen) atoms. The highest BCUT2D eigenvalue weighted by Crippen LogP contribution is 2.28. The number of carboxylic acids is 1. The number of rotatable bonds is 4. The molecule has 5 heteroatoms. The Kier molecular flexibility index (Phi) is 4.31. The van der Waals surface area contributed by atoms with Crippen molar-refractivity contribution in [3.05, 3.63) is 52.0 Å².